The van der Waals surface area contributed by atoms with Gasteiger partial charge in [-0.05, 0) is 30.1 Å². The molecule has 0 saturated carbocycles. The van der Waals surface area contributed by atoms with E-state index in [4.69, 9.17) is 0 Å². The Morgan fingerprint density at radius 2 is 2.24 bits per heavy atom. The molecule has 92 valence electrons. The molecule has 0 amide bonds. The van der Waals surface area contributed by atoms with E-state index in [9.17, 15) is 4.21 Å². The van der Waals surface area contributed by atoms with Gasteiger partial charge >= 0.3 is 0 Å². The number of anilines is 1. The fraction of sp³-hybridized carbons (Fsp3) is 0.417. The van der Waals surface area contributed by atoms with Crippen molar-refractivity contribution in [1.82, 2.24) is 4.37 Å². The lowest BCUT2D eigenvalue weighted by Gasteiger charge is -2.08. The van der Waals surface area contributed by atoms with E-state index in [1.54, 1.807) is 6.26 Å². The maximum atomic E-state index is 11.2. The van der Waals surface area contributed by atoms with Gasteiger partial charge in [-0.15, -0.1) is 0 Å². The van der Waals surface area contributed by atoms with Gasteiger partial charge in [0.2, 0.25) is 0 Å². The zero-order chi connectivity index (χ0) is 12.3. The Kier molecular flexibility index (Phi) is 4.12. The van der Waals surface area contributed by atoms with E-state index in [0.29, 0.717) is 0 Å². The molecule has 5 heteroatoms. The summed E-state index contributed by atoms with van der Waals surface area (Å²) in [5.74, 6) is 0. The molecule has 1 heterocycles. The molecule has 0 fully saturated rings. The van der Waals surface area contributed by atoms with E-state index in [0.717, 1.165) is 23.5 Å². The average Bonchev–Trinajstić information content (AvgIpc) is 2.72. The van der Waals surface area contributed by atoms with Gasteiger partial charge < -0.3 is 5.32 Å². The van der Waals surface area contributed by atoms with E-state index in [1.165, 1.54) is 16.9 Å². The molecule has 0 radical (unpaired) electrons. The molecule has 2 aromatic rings. The van der Waals surface area contributed by atoms with Crippen molar-refractivity contribution in [2.75, 3.05) is 18.1 Å². The minimum Gasteiger partial charge on any atom is -0.375 e. The van der Waals surface area contributed by atoms with Gasteiger partial charge in [0, 0.05) is 34.2 Å². The van der Waals surface area contributed by atoms with Crippen LogP contribution in [0.15, 0.2) is 24.3 Å². The molecule has 1 aromatic carbocycles. The van der Waals surface area contributed by atoms with Crippen molar-refractivity contribution in [3.63, 3.8) is 0 Å². The van der Waals surface area contributed by atoms with Crippen LogP contribution in [0.3, 0.4) is 0 Å². The number of hydrogen-bond donors (Lipinski definition) is 1. The second kappa shape index (κ2) is 5.60. The van der Waals surface area contributed by atoms with Crippen LogP contribution in [0, 0.1) is 0 Å². The van der Waals surface area contributed by atoms with Crippen molar-refractivity contribution in [2.24, 2.45) is 0 Å². The van der Waals surface area contributed by atoms with Crippen LogP contribution in [0.25, 0.3) is 10.9 Å². The van der Waals surface area contributed by atoms with Crippen molar-refractivity contribution >= 4 is 38.2 Å². The molecule has 1 aromatic heterocycles. The first-order valence-electron chi connectivity index (χ1n) is 5.59. The van der Waals surface area contributed by atoms with E-state index in [1.807, 2.05) is 25.1 Å². The highest BCUT2D eigenvalue weighted by Gasteiger charge is 2.07. The summed E-state index contributed by atoms with van der Waals surface area (Å²) in [6, 6.07) is 8.10. The van der Waals surface area contributed by atoms with Crippen LogP contribution in [0.1, 0.15) is 13.3 Å². The molecule has 17 heavy (non-hydrogen) atoms. The first-order valence-corrected chi connectivity index (χ1v) is 7.98. The topological polar surface area (TPSA) is 42.0 Å². The Labute approximate surface area is 108 Å². The molecule has 1 N–H and O–H groups in total. The van der Waals surface area contributed by atoms with Crippen molar-refractivity contribution in [3.8, 4) is 0 Å². The van der Waals surface area contributed by atoms with Gasteiger partial charge in [0.15, 0.2) is 0 Å². The molecule has 2 unspecified atom stereocenters. The summed E-state index contributed by atoms with van der Waals surface area (Å²) in [6.45, 7) is 2.86. The summed E-state index contributed by atoms with van der Waals surface area (Å²) in [5.41, 5.74) is 1.03. The van der Waals surface area contributed by atoms with Gasteiger partial charge in [-0.25, -0.2) is 0 Å². The third-order valence-electron chi connectivity index (χ3n) is 2.79. The largest absolute Gasteiger partial charge is 0.375 e. The molecule has 2 atom stereocenters. The Bertz CT molecular complexity index is 524. The summed E-state index contributed by atoms with van der Waals surface area (Å²) in [5, 5.41) is 5.89. The van der Waals surface area contributed by atoms with Gasteiger partial charge in [-0.2, -0.15) is 4.37 Å². The SMILES string of the molecule is CC(CCNc1snc2ccccc12)S(C)=O. The second-order valence-corrected chi connectivity index (χ2v) is 6.63. The Hall–Kier alpha value is -0.940. The van der Waals surface area contributed by atoms with Crippen LogP contribution in [0.2, 0.25) is 0 Å². The Morgan fingerprint density at radius 1 is 1.47 bits per heavy atom. The lowest BCUT2D eigenvalue weighted by atomic mass is 10.2. The lowest BCUT2D eigenvalue weighted by Crippen LogP contribution is -2.14. The molecule has 0 aliphatic carbocycles. The summed E-state index contributed by atoms with van der Waals surface area (Å²) >= 11 is 1.49. The number of benzene rings is 1. The maximum absolute atomic E-state index is 11.2. The summed E-state index contributed by atoms with van der Waals surface area (Å²) in [4.78, 5) is 0. The molecule has 0 aliphatic rings. The molecule has 0 saturated heterocycles. The minimum atomic E-state index is -0.738. The second-order valence-electron chi connectivity index (χ2n) is 4.05. The van der Waals surface area contributed by atoms with E-state index < -0.39 is 10.8 Å². The predicted octanol–water partition coefficient (Wildman–Crippen LogP) is 2.87. The molecule has 0 bridgehead atoms. The maximum Gasteiger partial charge on any atom is 0.117 e. The predicted molar refractivity (Wildman–Crippen MR) is 76.3 cm³/mol. The Morgan fingerprint density at radius 3 is 3.00 bits per heavy atom. The summed E-state index contributed by atoms with van der Waals surface area (Å²) < 4.78 is 15.6. The van der Waals surface area contributed by atoms with Crippen LogP contribution in [-0.2, 0) is 10.8 Å². The van der Waals surface area contributed by atoms with Crippen molar-refractivity contribution in [3.05, 3.63) is 24.3 Å². The highest BCUT2D eigenvalue weighted by molar-refractivity contribution is 7.84. The first-order chi connectivity index (χ1) is 8.18. The average molecular weight is 268 g/mol. The number of hydrogen-bond acceptors (Lipinski definition) is 4. The molecular formula is C12H16N2OS2. The zero-order valence-electron chi connectivity index (χ0n) is 9.97. The fourth-order valence-electron chi connectivity index (χ4n) is 1.57. The Balaban J connectivity index is 1.98. The number of fused-ring (bicyclic) bond motifs is 1. The number of nitrogens with zero attached hydrogens (tertiary/aromatic N) is 1. The van der Waals surface area contributed by atoms with Crippen molar-refractivity contribution in [2.45, 2.75) is 18.6 Å². The quantitative estimate of drug-likeness (QED) is 0.906. The van der Waals surface area contributed by atoms with Gasteiger partial charge in [-0.3, -0.25) is 4.21 Å². The van der Waals surface area contributed by atoms with Crippen LogP contribution in [0.5, 0.6) is 0 Å². The molecule has 0 spiro atoms. The third-order valence-corrected chi connectivity index (χ3v) is 4.99. The van der Waals surface area contributed by atoms with Crippen molar-refractivity contribution < 1.29 is 4.21 Å². The summed E-state index contributed by atoms with van der Waals surface area (Å²) in [7, 11) is -0.738. The number of aromatic nitrogens is 1. The van der Waals surface area contributed by atoms with Gasteiger partial charge in [0.05, 0.1) is 5.52 Å². The molecule has 2 rings (SSSR count). The lowest BCUT2D eigenvalue weighted by molar-refractivity contribution is 0.672. The molecule has 0 aliphatic heterocycles. The fourth-order valence-corrected chi connectivity index (χ4v) is 2.81. The van der Waals surface area contributed by atoms with E-state index in [-0.39, 0.29) is 5.25 Å². The van der Waals surface area contributed by atoms with Crippen LogP contribution in [-0.4, -0.2) is 26.6 Å². The van der Waals surface area contributed by atoms with Gasteiger partial charge in [-0.1, -0.05) is 19.1 Å². The normalized spacial score (nSPS) is 14.7. The number of rotatable bonds is 5. The van der Waals surface area contributed by atoms with E-state index in [2.05, 4.69) is 15.8 Å². The van der Waals surface area contributed by atoms with Crippen LogP contribution < -0.4 is 5.32 Å². The highest BCUT2D eigenvalue weighted by atomic mass is 32.2. The van der Waals surface area contributed by atoms with Crippen LogP contribution in [0.4, 0.5) is 5.00 Å². The first kappa shape index (κ1) is 12.5. The van der Waals surface area contributed by atoms with Gasteiger partial charge in [0.25, 0.3) is 0 Å². The zero-order valence-corrected chi connectivity index (χ0v) is 11.6. The minimum absolute atomic E-state index is 0.238. The summed E-state index contributed by atoms with van der Waals surface area (Å²) in [6.07, 6.45) is 2.67. The smallest absolute Gasteiger partial charge is 0.117 e. The third kappa shape index (κ3) is 3.04. The molecule has 3 nitrogen and oxygen atoms in total. The van der Waals surface area contributed by atoms with Gasteiger partial charge in [0.1, 0.15) is 5.00 Å². The van der Waals surface area contributed by atoms with Crippen molar-refractivity contribution in [1.29, 1.82) is 0 Å². The van der Waals surface area contributed by atoms with Crippen LogP contribution >= 0.6 is 11.5 Å². The molecular weight excluding hydrogens is 252 g/mol. The monoisotopic (exact) mass is 268 g/mol. The standard InChI is InChI=1S/C12H16N2OS2/c1-9(17(2)15)7-8-13-12-10-5-3-4-6-11(10)14-16-12/h3-6,9,13H,7-8H2,1-2H3. The highest BCUT2D eigenvalue weighted by Crippen LogP contribution is 2.27. The van der Waals surface area contributed by atoms with E-state index >= 15 is 0 Å². The number of nitrogens with one attached hydrogen (secondary N) is 1.